The first-order valence-electron chi connectivity index (χ1n) is 5.04. The summed E-state index contributed by atoms with van der Waals surface area (Å²) >= 11 is 6.25. The molecule has 0 saturated heterocycles. The van der Waals surface area contributed by atoms with E-state index in [1.807, 2.05) is 0 Å². The molecule has 0 amide bonds. The first-order valence-corrected chi connectivity index (χ1v) is 6.63. The third-order valence-corrected chi connectivity index (χ3v) is 3.22. The van der Waals surface area contributed by atoms with Crippen molar-refractivity contribution in [3.05, 3.63) is 61.3 Å². The molecule has 0 unspecified atom stereocenters. The highest BCUT2D eigenvalue weighted by molar-refractivity contribution is 9.10. The Kier molecular flexibility index (Phi) is 4.16. The van der Waals surface area contributed by atoms with E-state index < -0.39 is 10.7 Å². The highest BCUT2D eigenvalue weighted by Crippen LogP contribution is 2.35. The molecule has 0 atom stereocenters. The smallest absolute Gasteiger partial charge is 0.312 e. The summed E-state index contributed by atoms with van der Waals surface area (Å²) in [4.78, 5) is 10.3. The zero-order valence-corrected chi connectivity index (χ0v) is 12.4. The summed E-state index contributed by atoms with van der Waals surface area (Å²) in [6.07, 6.45) is 0. The van der Waals surface area contributed by atoms with Crippen molar-refractivity contribution in [2.45, 2.75) is 0 Å². The van der Waals surface area contributed by atoms with Gasteiger partial charge in [-0.1, -0.05) is 31.9 Å². The van der Waals surface area contributed by atoms with Crippen LogP contribution in [0.5, 0.6) is 11.5 Å². The topological polar surface area (TPSA) is 52.4 Å². The van der Waals surface area contributed by atoms with Crippen LogP contribution in [-0.2, 0) is 0 Å². The maximum absolute atomic E-state index is 13.6. The van der Waals surface area contributed by atoms with Crippen molar-refractivity contribution < 1.29 is 14.1 Å². The van der Waals surface area contributed by atoms with Crippen LogP contribution in [0.2, 0.25) is 0 Å². The molecular formula is C12H6Br2FNO3. The van der Waals surface area contributed by atoms with Gasteiger partial charge in [0.15, 0.2) is 11.6 Å². The van der Waals surface area contributed by atoms with Crippen molar-refractivity contribution in [1.82, 2.24) is 0 Å². The highest BCUT2D eigenvalue weighted by Gasteiger charge is 2.17. The molecule has 0 N–H and O–H groups in total. The van der Waals surface area contributed by atoms with Crippen LogP contribution in [0.15, 0.2) is 45.3 Å². The molecule has 4 nitrogen and oxygen atoms in total. The molecular weight excluding hydrogens is 385 g/mol. The lowest BCUT2D eigenvalue weighted by atomic mass is 10.3. The van der Waals surface area contributed by atoms with Crippen LogP contribution in [0.3, 0.4) is 0 Å². The summed E-state index contributed by atoms with van der Waals surface area (Å²) in [5.74, 6) is -0.699. The van der Waals surface area contributed by atoms with Gasteiger partial charge in [-0.05, 0) is 30.3 Å². The summed E-state index contributed by atoms with van der Waals surface area (Å²) in [5, 5.41) is 10.9. The number of rotatable bonds is 3. The van der Waals surface area contributed by atoms with E-state index in [0.717, 1.165) is 0 Å². The average molecular weight is 391 g/mol. The number of nitrogens with zero attached hydrogens (tertiary/aromatic N) is 1. The molecule has 0 saturated carbocycles. The van der Waals surface area contributed by atoms with Crippen molar-refractivity contribution in [3.63, 3.8) is 0 Å². The Labute approximate surface area is 124 Å². The second-order valence-corrected chi connectivity index (χ2v) is 5.38. The monoisotopic (exact) mass is 389 g/mol. The Morgan fingerprint density at radius 2 is 1.63 bits per heavy atom. The summed E-state index contributed by atoms with van der Waals surface area (Å²) in [6.45, 7) is 0. The number of halogens is 3. The van der Waals surface area contributed by atoms with Gasteiger partial charge >= 0.3 is 5.69 Å². The van der Waals surface area contributed by atoms with Crippen LogP contribution in [0.1, 0.15) is 0 Å². The summed E-state index contributed by atoms with van der Waals surface area (Å²) in [7, 11) is 0. The van der Waals surface area contributed by atoms with Crippen molar-refractivity contribution in [2.75, 3.05) is 0 Å². The molecule has 2 aromatic rings. The summed E-state index contributed by atoms with van der Waals surface area (Å²) < 4.78 is 20.0. The lowest BCUT2D eigenvalue weighted by Crippen LogP contribution is -1.95. The molecule has 0 aliphatic carbocycles. The lowest BCUT2D eigenvalue weighted by Gasteiger charge is -2.07. The van der Waals surface area contributed by atoms with E-state index >= 15 is 0 Å². The fourth-order valence-electron chi connectivity index (χ4n) is 1.40. The first-order chi connectivity index (χ1) is 8.97. The third-order valence-electron chi connectivity index (χ3n) is 2.23. The van der Waals surface area contributed by atoms with Crippen LogP contribution in [0.25, 0.3) is 0 Å². The van der Waals surface area contributed by atoms with E-state index in [4.69, 9.17) is 4.74 Å². The van der Waals surface area contributed by atoms with E-state index in [2.05, 4.69) is 31.9 Å². The standard InChI is InChI=1S/C12H6Br2FNO3/c13-7-1-3-11(9(15)5-7)19-12-4-2-8(14)6-10(12)16(17)18/h1-6H. The largest absolute Gasteiger partial charge is 0.447 e. The minimum atomic E-state index is -0.605. The SMILES string of the molecule is O=[N+]([O-])c1cc(Br)ccc1Oc1ccc(Br)cc1F. The Hall–Kier alpha value is -1.47. The maximum atomic E-state index is 13.6. The van der Waals surface area contributed by atoms with Gasteiger partial charge in [0.05, 0.1) is 4.92 Å². The van der Waals surface area contributed by atoms with Gasteiger partial charge in [-0.15, -0.1) is 0 Å². The molecule has 0 aliphatic rings. The number of ether oxygens (including phenoxy) is 1. The molecule has 0 fully saturated rings. The minimum Gasteiger partial charge on any atom is -0.447 e. The zero-order valence-electron chi connectivity index (χ0n) is 9.27. The summed E-state index contributed by atoms with van der Waals surface area (Å²) in [5.41, 5.74) is -0.239. The molecule has 7 heteroatoms. The van der Waals surface area contributed by atoms with Gasteiger partial charge in [-0.25, -0.2) is 4.39 Å². The van der Waals surface area contributed by atoms with E-state index in [9.17, 15) is 14.5 Å². The minimum absolute atomic E-state index is 0.0191. The Balaban J connectivity index is 2.40. The molecule has 0 spiro atoms. The van der Waals surface area contributed by atoms with Gasteiger partial charge in [0.1, 0.15) is 0 Å². The van der Waals surface area contributed by atoms with Gasteiger partial charge in [0.25, 0.3) is 0 Å². The Bertz CT molecular complexity index is 649. The van der Waals surface area contributed by atoms with Gasteiger partial charge in [-0.3, -0.25) is 10.1 Å². The van der Waals surface area contributed by atoms with Crippen LogP contribution in [0, 0.1) is 15.9 Å². The van der Waals surface area contributed by atoms with Crippen molar-refractivity contribution in [3.8, 4) is 11.5 Å². The predicted octanol–water partition coefficient (Wildman–Crippen LogP) is 5.05. The molecule has 98 valence electrons. The van der Waals surface area contributed by atoms with E-state index in [-0.39, 0.29) is 17.2 Å². The van der Waals surface area contributed by atoms with Gasteiger partial charge in [-0.2, -0.15) is 0 Å². The van der Waals surface area contributed by atoms with E-state index in [1.54, 1.807) is 12.1 Å². The molecule has 2 rings (SSSR count). The predicted molar refractivity (Wildman–Crippen MR) is 75.0 cm³/mol. The van der Waals surface area contributed by atoms with Crippen LogP contribution >= 0.6 is 31.9 Å². The Morgan fingerprint density at radius 3 is 2.21 bits per heavy atom. The molecule has 0 bridgehead atoms. The van der Waals surface area contributed by atoms with Crippen LogP contribution in [0.4, 0.5) is 10.1 Å². The summed E-state index contributed by atoms with van der Waals surface area (Å²) in [6, 6.07) is 8.49. The molecule has 0 radical (unpaired) electrons. The number of benzene rings is 2. The fraction of sp³-hybridized carbons (Fsp3) is 0. The van der Waals surface area contributed by atoms with Crippen molar-refractivity contribution >= 4 is 37.5 Å². The second-order valence-electron chi connectivity index (χ2n) is 3.55. The van der Waals surface area contributed by atoms with Gasteiger partial charge in [0, 0.05) is 15.0 Å². The normalized spacial score (nSPS) is 10.3. The molecule has 0 aromatic heterocycles. The van der Waals surface area contributed by atoms with Gasteiger partial charge < -0.3 is 4.74 Å². The third kappa shape index (κ3) is 3.30. The van der Waals surface area contributed by atoms with Crippen molar-refractivity contribution in [1.29, 1.82) is 0 Å². The van der Waals surface area contributed by atoms with E-state index in [1.165, 1.54) is 24.3 Å². The molecule has 0 aliphatic heterocycles. The number of nitro groups is 1. The van der Waals surface area contributed by atoms with E-state index in [0.29, 0.717) is 8.95 Å². The number of hydrogen-bond acceptors (Lipinski definition) is 3. The quantitative estimate of drug-likeness (QED) is 0.544. The average Bonchev–Trinajstić information content (AvgIpc) is 2.34. The van der Waals surface area contributed by atoms with Crippen LogP contribution in [-0.4, -0.2) is 4.92 Å². The molecule has 2 aromatic carbocycles. The zero-order chi connectivity index (χ0) is 14.0. The highest BCUT2D eigenvalue weighted by atomic mass is 79.9. The number of hydrogen-bond donors (Lipinski definition) is 0. The molecule has 0 heterocycles. The molecule has 19 heavy (non-hydrogen) atoms. The number of nitro benzene ring substituents is 1. The van der Waals surface area contributed by atoms with Crippen LogP contribution < -0.4 is 4.74 Å². The van der Waals surface area contributed by atoms with Gasteiger partial charge in [0.2, 0.25) is 5.75 Å². The second kappa shape index (κ2) is 5.66. The Morgan fingerprint density at radius 1 is 1.05 bits per heavy atom. The lowest BCUT2D eigenvalue weighted by molar-refractivity contribution is -0.385. The maximum Gasteiger partial charge on any atom is 0.312 e. The van der Waals surface area contributed by atoms with Crippen molar-refractivity contribution in [2.24, 2.45) is 0 Å². The fourth-order valence-corrected chi connectivity index (χ4v) is 2.08. The first kappa shape index (κ1) is 14.0.